The second-order valence-electron chi connectivity index (χ2n) is 8.71. The first-order valence-electron chi connectivity index (χ1n) is 9.84. The van der Waals surface area contributed by atoms with Gasteiger partial charge in [0.1, 0.15) is 5.52 Å². The third-order valence-corrected chi connectivity index (χ3v) is 5.48. The first kappa shape index (κ1) is 22.0. The third kappa shape index (κ3) is 3.45. The van der Waals surface area contributed by atoms with E-state index in [1.165, 1.54) is 7.05 Å². The molecule has 2 aromatic carbocycles. The maximum Gasteiger partial charge on any atom is 0.441 e. The van der Waals surface area contributed by atoms with E-state index in [0.717, 1.165) is 26.6 Å². The zero-order chi connectivity index (χ0) is 23.6. The van der Waals surface area contributed by atoms with Crippen molar-refractivity contribution in [3.05, 3.63) is 59.0 Å². The summed E-state index contributed by atoms with van der Waals surface area (Å²) in [5, 5.41) is 5.52. The lowest BCUT2D eigenvalue weighted by molar-refractivity contribution is -0.720. The summed E-state index contributed by atoms with van der Waals surface area (Å²) in [5.74, 6) is -3.29. The van der Waals surface area contributed by atoms with E-state index in [1.54, 1.807) is 0 Å². The van der Waals surface area contributed by atoms with Gasteiger partial charge in [0.25, 0.3) is 17.6 Å². The van der Waals surface area contributed by atoms with Crippen LogP contribution in [0.3, 0.4) is 0 Å². The van der Waals surface area contributed by atoms with Crippen LogP contribution in [0, 0.1) is 18.8 Å². The smallest absolute Gasteiger partial charge is 0.211 e. The van der Waals surface area contributed by atoms with Crippen LogP contribution < -0.4 is 4.68 Å². The van der Waals surface area contributed by atoms with Crippen molar-refractivity contribution >= 4 is 21.8 Å². The van der Waals surface area contributed by atoms with Crippen LogP contribution >= 0.6 is 0 Å². The maximum atomic E-state index is 14.1. The van der Waals surface area contributed by atoms with Gasteiger partial charge in [0.05, 0.1) is 5.56 Å². The number of aryl methyl sites for hydroxylation is 2. The molecule has 4 aromatic rings. The second kappa shape index (κ2) is 7.15. The van der Waals surface area contributed by atoms with Gasteiger partial charge in [-0.1, -0.05) is 49.7 Å². The average molecular weight is 447 g/mol. The molecule has 2 heterocycles. The molecule has 0 aliphatic rings. The van der Waals surface area contributed by atoms with E-state index in [1.807, 2.05) is 58.0 Å². The molecular weight excluding hydrogens is 427 g/mol. The van der Waals surface area contributed by atoms with Crippen LogP contribution in [0.25, 0.3) is 33.1 Å². The Morgan fingerprint density at radius 2 is 1.44 bits per heavy atom. The zero-order valence-corrected chi connectivity index (χ0v) is 18.1. The lowest BCUT2D eigenvalue weighted by Crippen LogP contribution is -2.39. The molecule has 0 unspecified atom stereocenters. The van der Waals surface area contributed by atoms with E-state index in [0.29, 0.717) is 5.56 Å². The van der Waals surface area contributed by atoms with Crippen molar-refractivity contribution in [3.63, 3.8) is 0 Å². The van der Waals surface area contributed by atoms with Crippen LogP contribution in [-0.4, -0.2) is 15.1 Å². The fraction of sp³-hybridized carbons (Fsp3) is 0.304. The molecule has 0 fully saturated rings. The summed E-state index contributed by atoms with van der Waals surface area (Å²) in [4.78, 5) is 6.77. The van der Waals surface area contributed by atoms with Crippen molar-refractivity contribution in [1.29, 1.82) is 0 Å². The van der Waals surface area contributed by atoms with Gasteiger partial charge in [0.15, 0.2) is 12.6 Å². The zero-order valence-electron chi connectivity index (χ0n) is 18.1. The highest BCUT2D eigenvalue weighted by molar-refractivity contribution is 5.98. The molecule has 0 aliphatic heterocycles. The minimum atomic E-state index is -4.93. The monoisotopic (exact) mass is 447 g/mol. The van der Waals surface area contributed by atoms with Crippen LogP contribution in [0.1, 0.15) is 37.6 Å². The van der Waals surface area contributed by atoms with E-state index in [-0.39, 0.29) is 11.1 Å². The molecule has 0 N–H and O–H groups in total. The molecule has 32 heavy (non-hydrogen) atoms. The van der Waals surface area contributed by atoms with Crippen molar-refractivity contribution in [2.75, 3.05) is 0 Å². The summed E-state index contributed by atoms with van der Waals surface area (Å²) in [7, 11) is 1.32. The molecule has 0 aliphatic carbocycles. The van der Waals surface area contributed by atoms with Gasteiger partial charge in [-0.2, -0.15) is 22.0 Å². The number of aromatic nitrogens is 4. The molecule has 0 radical (unpaired) electrons. The Bertz CT molecular complexity index is 1390. The van der Waals surface area contributed by atoms with E-state index in [4.69, 9.17) is 0 Å². The first-order valence-corrected chi connectivity index (χ1v) is 9.84. The summed E-state index contributed by atoms with van der Waals surface area (Å²) in [6.45, 7) is 7.88. The van der Waals surface area contributed by atoms with Gasteiger partial charge < -0.3 is 0 Å². The Labute approximate surface area is 180 Å². The normalized spacial score (nSPS) is 12.7. The molecule has 0 bridgehead atoms. The fourth-order valence-corrected chi connectivity index (χ4v) is 4.01. The Morgan fingerprint density at radius 3 is 2.00 bits per heavy atom. The van der Waals surface area contributed by atoms with Crippen LogP contribution in [-0.2, 0) is 18.6 Å². The highest BCUT2D eigenvalue weighted by Gasteiger charge is 2.41. The Morgan fingerprint density at radius 1 is 0.875 bits per heavy atom. The molecule has 0 saturated heterocycles. The SMILES string of the molecule is Cc1c(-c2c3nc(F)c(F)nc3c(C(F)(F)F)n[n+]2C)cc(C(C)(C)C)c2ccccc12. The third-order valence-electron chi connectivity index (χ3n) is 5.48. The summed E-state index contributed by atoms with van der Waals surface area (Å²) < 4.78 is 69.7. The van der Waals surface area contributed by atoms with Crippen molar-refractivity contribution in [2.24, 2.45) is 7.05 Å². The van der Waals surface area contributed by atoms with E-state index < -0.39 is 34.8 Å². The van der Waals surface area contributed by atoms with E-state index in [2.05, 4.69) is 15.1 Å². The summed E-state index contributed by atoms with van der Waals surface area (Å²) in [6, 6.07) is 9.52. The lowest BCUT2D eigenvalue weighted by Gasteiger charge is -2.23. The van der Waals surface area contributed by atoms with Crippen LogP contribution in [0.15, 0.2) is 30.3 Å². The molecule has 2 aromatic heterocycles. The van der Waals surface area contributed by atoms with Crippen molar-refractivity contribution in [1.82, 2.24) is 15.1 Å². The largest absolute Gasteiger partial charge is 0.441 e. The number of hydrogen-bond acceptors (Lipinski definition) is 3. The second-order valence-corrected chi connectivity index (χ2v) is 8.71. The number of benzene rings is 2. The fourth-order valence-electron chi connectivity index (χ4n) is 4.01. The lowest BCUT2D eigenvalue weighted by atomic mass is 9.80. The number of fused-ring (bicyclic) bond motifs is 2. The highest BCUT2D eigenvalue weighted by Crippen LogP contribution is 2.39. The molecule has 0 saturated carbocycles. The van der Waals surface area contributed by atoms with Gasteiger partial charge >= 0.3 is 6.18 Å². The van der Waals surface area contributed by atoms with Gasteiger partial charge in [-0.15, -0.1) is 0 Å². The van der Waals surface area contributed by atoms with Crippen molar-refractivity contribution < 1.29 is 26.6 Å². The number of alkyl halides is 3. The van der Waals surface area contributed by atoms with Crippen LogP contribution in [0.4, 0.5) is 22.0 Å². The quantitative estimate of drug-likeness (QED) is 0.283. The van der Waals surface area contributed by atoms with Crippen LogP contribution in [0.5, 0.6) is 0 Å². The standard InChI is InChI=1S/C23H20F5N4/c1-11-12-8-6-7-9-13(12)15(22(2,3)4)10-14(11)18-16-17(30-21(25)20(24)29-16)19(23(26,27)28)31-32(18)5/h6-10H,1-5H3/q+1. The van der Waals surface area contributed by atoms with Gasteiger partial charge in [0.2, 0.25) is 5.69 Å². The number of rotatable bonds is 1. The highest BCUT2D eigenvalue weighted by atomic mass is 19.4. The van der Waals surface area contributed by atoms with Gasteiger partial charge in [0, 0.05) is 5.10 Å². The topological polar surface area (TPSA) is 42.6 Å². The predicted octanol–water partition coefficient (Wildman–Crippen LogP) is 5.57. The molecular formula is C23H20F5N4+. The molecule has 0 spiro atoms. The molecule has 0 amide bonds. The van der Waals surface area contributed by atoms with Crippen molar-refractivity contribution in [2.45, 2.75) is 39.3 Å². The van der Waals surface area contributed by atoms with Gasteiger partial charge in [-0.25, -0.2) is 9.97 Å². The summed E-state index contributed by atoms with van der Waals surface area (Å²) in [5.41, 5.74) is -0.661. The summed E-state index contributed by atoms with van der Waals surface area (Å²) >= 11 is 0. The number of hydrogen-bond donors (Lipinski definition) is 0. The Kier molecular flexibility index (Phi) is 4.91. The van der Waals surface area contributed by atoms with Crippen molar-refractivity contribution in [3.8, 4) is 11.3 Å². The molecule has 4 nitrogen and oxygen atoms in total. The minimum Gasteiger partial charge on any atom is -0.211 e. The van der Waals surface area contributed by atoms with Crippen LogP contribution in [0.2, 0.25) is 0 Å². The number of nitrogens with zero attached hydrogens (tertiary/aromatic N) is 4. The Balaban J connectivity index is 2.22. The van der Waals surface area contributed by atoms with Gasteiger partial charge in [-0.3, -0.25) is 0 Å². The Hall–Kier alpha value is -3.23. The van der Waals surface area contributed by atoms with E-state index in [9.17, 15) is 22.0 Å². The minimum absolute atomic E-state index is 0.119. The molecule has 4 rings (SSSR count). The average Bonchev–Trinajstić information content (AvgIpc) is 2.68. The molecule has 9 heteroatoms. The first-order chi connectivity index (χ1) is 14.8. The number of halogens is 5. The molecule has 0 atom stereocenters. The van der Waals surface area contributed by atoms with Gasteiger partial charge in [-0.05, 0) is 40.3 Å². The predicted molar refractivity (Wildman–Crippen MR) is 110 cm³/mol. The maximum absolute atomic E-state index is 14.1. The summed E-state index contributed by atoms with van der Waals surface area (Å²) in [6.07, 6.45) is -4.93. The molecule has 166 valence electrons. The van der Waals surface area contributed by atoms with E-state index >= 15 is 0 Å².